The molecule has 0 aliphatic carbocycles. The quantitative estimate of drug-likeness (QED) is 0.878. The summed E-state index contributed by atoms with van der Waals surface area (Å²) in [7, 11) is 1.80. The summed E-state index contributed by atoms with van der Waals surface area (Å²) >= 11 is 3.21. The number of aromatic nitrogens is 3. The second-order valence-corrected chi connectivity index (χ2v) is 3.76. The molecule has 0 aromatic carbocycles. The minimum absolute atomic E-state index is 0.293. The molecule has 2 N–H and O–H groups in total. The largest absolute Gasteiger partial charge is 0.457 e. The molecule has 14 heavy (non-hydrogen) atoms. The molecule has 1 atom stereocenters. The number of rotatable bonds is 2. The lowest BCUT2D eigenvalue weighted by Crippen LogP contribution is -2.11. The van der Waals surface area contributed by atoms with Gasteiger partial charge >= 0.3 is 0 Å². The molecule has 0 spiro atoms. The van der Waals surface area contributed by atoms with Gasteiger partial charge in [-0.1, -0.05) is 5.21 Å². The van der Waals surface area contributed by atoms with Gasteiger partial charge in [-0.05, 0) is 22.0 Å². The van der Waals surface area contributed by atoms with Gasteiger partial charge in [-0.15, -0.1) is 5.10 Å². The van der Waals surface area contributed by atoms with Crippen LogP contribution >= 0.6 is 15.9 Å². The molecule has 0 amide bonds. The van der Waals surface area contributed by atoms with Crippen molar-refractivity contribution in [3.8, 4) is 0 Å². The number of hydrogen-bond donors (Lipinski definition) is 1. The Labute approximate surface area is 89.0 Å². The van der Waals surface area contributed by atoms with Crippen LogP contribution in [0.5, 0.6) is 0 Å². The third-order valence-electron chi connectivity index (χ3n) is 1.89. The van der Waals surface area contributed by atoms with Crippen molar-refractivity contribution in [3.05, 3.63) is 34.5 Å². The average molecular weight is 257 g/mol. The number of furan rings is 1. The van der Waals surface area contributed by atoms with E-state index in [0.717, 1.165) is 11.3 Å². The second kappa shape index (κ2) is 3.55. The summed E-state index contributed by atoms with van der Waals surface area (Å²) in [5, 5.41) is 7.75. The molecule has 2 rings (SSSR count). The average Bonchev–Trinajstić information content (AvgIpc) is 2.73. The summed E-state index contributed by atoms with van der Waals surface area (Å²) in [5.74, 6) is 0. The van der Waals surface area contributed by atoms with Gasteiger partial charge < -0.3 is 10.2 Å². The van der Waals surface area contributed by atoms with Gasteiger partial charge in [-0.25, -0.2) is 0 Å². The molecule has 0 aliphatic rings. The predicted molar refractivity (Wildman–Crippen MR) is 53.4 cm³/mol. The fourth-order valence-electron chi connectivity index (χ4n) is 1.17. The van der Waals surface area contributed by atoms with Crippen LogP contribution in [-0.2, 0) is 7.05 Å². The first kappa shape index (κ1) is 9.42. The monoisotopic (exact) mass is 256 g/mol. The molecular formula is C8H9BrN4O. The van der Waals surface area contributed by atoms with E-state index < -0.39 is 0 Å². The zero-order chi connectivity index (χ0) is 10.1. The topological polar surface area (TPSA) is 69.9 Å². The van der Waals surface area contributed by atoms with Gasteiger partial charge in [0.25, 0.3) is 0 Å². The number of nitrogens with zero attached hydrogens (tertiary/aromatic N) is 3. The molecule has 0 fully saturated rings. The van der Waals surface area contributed by atoms with E-state index in [4.69, 9.17) is 10.2 Å². The molecule has 2 aromatic rings. The van der Waals surface area contributed by atoms with Crippen molar-refractivity contribution >= 4 is 15.9 Å². The molecule has 2 aromatic heterocycles. The first-order valence-corrected chi connectivity index (χ1v) is 4.82. The highest BCUT2D eigenvalue weighted by atomic mass is 79.9. The molecule has 74 valence electrons. The van der Waals surface area contributed by atoms with Crippen molar-refractivity contribution in [2.45, 2.75) is 6.04 Å². The van der Waals surface area contributed by atoms with Gasteiger partial charge in [0, 0.05) is 12.6 Å². The van der Waals surface area contributed by atoms with E-state index in [1.54, 1.807) is 24.2 Å². The van der Waals surface area contributed by atoms with Crippen molar-refractivity contribution in [3.63, 3.8) is 0 Å². The van der Waals surface area contributed by atoms with Gasteiger partial charge in [-0.2, -0.15) is 0 Å². The minimum atomic E-state index is -0.293. The highest BCUT2D eigenvalue weighted by molar-refractivity contribution is 9.10. The maximum atomic E-state index is 5.95. The molecule has 0 aliphatic heterocycles. The molecular weight excluding hydrogens is 248 g/mol. The Kier molecular flexibility index (Phi) is 2.39. The van der Waals surface area contributed by atoms with Gasteiger partial charge in [0.15, 0.2) is 4.67 Å². The number of aryl methyl sites for hydroxylation is 1. The van der Waals surface area contributed by atoms with E-state index in [2.05, 4.69) is 26.2 Å². The summed E-state index contributed by atoms with van der Waals surface area (Å²) in [6.07, 6.45) is 3.38. The van der Waals surface area contributed by atoms with Crippen LogP contribution in [0.4, 0.5) is 0 Å². The first-order valence-electron chi connectivity index (χ1n) is 4.02. The van der Waals surface area contributed by atoms with Crippen LogP contribution in [0.25, 0.3) is 0 Å². The van der Waals surface area contributed by atoms with Crippen molar-refractivity contribution < 1.29 is 4.42 Å². The Balaban J connectivity index is 2.28. The highest BCUT2D eigenvalue weighted by Crippen LogP contribution is 2.22. The van der Waals surface area contributed by atoms with Crippen LogP contribution in [0.1, 0.15) is 17.3 Å². The summed E-state index contributed by atoms with van der Waals surface area (Å²) in [6, 6.07) is 1.53. The Bertz CT molecular complexity index is 396. The van der Waals surface area contributed by atoms with Crippen molar-refractivity contribution in [2.75, 3.05) is 0 Å². The van der Waals surface area contributed by atoms with Crippen LogP contribution < -0.4 is 5.73 Å². The SMILES string of the molecule is Cn1cc(C(N)c2coc(Br)c2)nn1. The van der Waals surface area contributed by atoms with E-state index in [1.165, 1.54) is 0 Å². The highest BCUT2D eigenvalue weighted by Gasteiger charge is 2.14. The first-order chi connectivity index (χ1) is 6.66. The molecule has 0 bridgehead atoms. The standard InChI is InChI=1S/C8H9BrN4O/c1-13-3-6(11-12-13)8(10)5-2-7(9)14-4-5/h2-4,8H,10H2,1H3. The summed E-state index contributed by atoms with van der Waals surface area (Å²) < 4.78 is 7.37. The summed E-state index contributed by atoms with van der Waals surface area (Å²) in [4.78, 5) is 0. The second-order valence-electron chi connectivity index (χ2n) is 2.98. The van der Waals surface area contributed by atoms with Gasteiger partial charge in [0.1, 0.15) is 5.69 Å². The van der Waals surface area contributed by atoms with Crippen LogP contribution in [0.3, 0.4) is 0 Å². The van der Waals surface area contributed by atoms with E-state index in [1.807, 2.05) is 6.07 Å². The van der Waals surface area contributed by atoms with Crippen LogP contribution in [0, 0.1) is 0 Å². The predicted octanol–water partition coefficient (Wildman–Crippen LogP) is 1.22. The Morgan fingerprint density at radius 2 is 2.43 bits per heavy atom. The maximum Gasteiger partial charge on any atom is 0.169 e. The van der Waals surface area contributed by atoms with Gasteiger partial charge in [-0.3, -0.25) is 4.68 Å². The normalized spacial score (nSPS) is 13.1. The fourth-order valence-corrected chi connectivity index (χ4v) is 1.52. The molecule has 2 heterocycles. The lowest BCUT2D eigenvalue weighted by atomic mass is 10.1. The lowest BCUT2D eigenvalue weighted by Gasteiger charge is -2.02. The van der Waals surface area contributed by atoms with Crippen molar-refractivity contribution in [1.82, 2.24) is 15.0 Å². The zero-order valence-electron chi connectivity index (χ0n) is 7.51. The Morgan fingerprint density at radius 1 is 1.64 bits per heavy atom. The van der Waals surface area contributed by atoms with E-state index >= 15 is 0 Å². The fraction of sp³-hybridized carbons (Fsp3) is 0.250. The molecule has 0 saturated heterocycles. The molecule has 6 heteroatoms. The molecule has 0 saturated carbocycles. The molecule has 5 nitrogen and oxygen atoms in total. The lowest BCUT2D eigenvalue weighted by molar-refractivity contribution is 0.537. The third kappa shape index (κ3) is 1.71. The van der Waals surface area contributed by atoms with Crippen LogP contribution in [0.2, 0.25) is 0 Å². The van der Waals surface area contributed by atoms with E-state index in [0.29, 0.717) is 4.67 Å². The van der Waals surface area contributed by atoms with Crippen LogP contribution in [-0.4, -0.2) is 15.0 Å². The number of hydrogen-bond acceptors (Lipinski definition) is 4. The van der Waals surface area contributed by atoms with Gasteiger partial charge in [0.05, 0.1) is 18.5 Å². The van der Waals surface area contributed by atoms with E-state index in [-0.39, 0.29) is 6.04 Å². The van der Waals surface area contributed by atoms with Crippen LogP contribution in [0.15, 0.2) is 27.6 Å². The summed E-state index contributed by atoms with van der Waals surface area (Å²) in [6.45, 7) is 0. The maximum absolute atomic E-state index is 5.95. The Hall–Kier alpha value is -1.14. The van der Waals surface area contributed by atoms with Crippen molar-refractivity contribution in [1.29, 1.82) is 0 Å². The Morgan fingerprint density at radius 3 is 2.93 bits per heavy atom. The molecule has 0 radical (unpaired) electrons. The summed E-state index contributed by atoms with van der Waals surface area (Å²) in [5.41, 5.74) is 7.54. The van der Waals surface area contributed by atoms with E-state index in [9.17, 15) is 0 Å². The smallest absolute Gasteiger partial charge is 0.169 e. The third-order valence-corrected chi connectivity index (χ3v) is 2.30. The number of halogens is 1. The van der Waals surface area contributed by atoms with Gasteiger partial charge in [0.2, 0.25) is 0 Å². The molecule has 1 unspecified atom stereocenters. The number of nitrogens with two attached hydrogens (primary N) is 1. The minimum Gasteiger partial charge on any atom is -0.457 e. The van der Waals surface area contributed by atoms with Crippen molar-refractivity contribution in [2.24, 2.45) is 12.8 Å². The zero-order valence-corrected chi connectivity index (χ0v) is 9.10.